The highest BCUT2D eigenvalue weighted by Crippen LogP contribution is 2.18. The first-order valence-corrected chi connectivity index (χ1v) is 11.7. The molecule has 2 aliphatic heterocycles. The second-order valence-electron chi connectivity index (χ2n) is 7.74. The number of hydrogen-bond acceptors (Lipinski definition) is 5. The lowest BCUT2D eigenvalue weighted by Crippen LogP contribution is -2.44. The third-order valence-corrected chi connectivity index (χ3v) is 6.23. The van der Waals surface area contributed by atoms with Gasteiger partial charge >= 0.3 is 0 Å². The van der Waals surface area contributed by atoms with Crippen LogP contribution in [0.3, 0.4) is 0 Å². The summed E-state index contributed by atoms with van der Waals surface area (Å²) in [6.07, 6.45) is 1.89. The SMILES string of the molecule is O=C(Nc1ccc(C(=O)NC2CCN(Cc3ccccc3)CC2)cc1)C1=CSCCO1. The molecule has 0 atom stereocenters. The number of likely N-dealkylation sites (tertiary alicyclic amines) is 1. The number of ether oxygens (including phenoxy) is 1. The van der Waals surface area contributed by atoms with Crippen LogP contribution >= 0.6 is 11.8 Å². The van der Waals surface area contributed by atoms with Crippen molar-refractivity contribution in [2.45, 2.75) is 25.4 Å². The summed E-state index contributed by atoms with van der Waals surface area (Å²) in [5.74, 6) is 0.838. The lowest BCUT2D eigenvalue weighted by Gasteiger charge is -2.32. The maximum absolute atomic E-state index is 12.6. The highest BCUT2D eigenvalue weighted by Gasteiger charge is 2.21. The lowest BCUT2D eigenvalue weighted by molar-refractivity contribution is -0.116. The number of rotatable bonds is 6. The summed E-state index contributed by atoms with van der Waals surface area (Å²) in [4.78, 5) is 27.2. The second kappa shape index (κ2) is 10.5. The molecule has 7 heteroatoms. The van der Waals surface area contributed by atoms with E-state index in [2.05, 4.69) is 39.8 Å². The first-order chi connectivity index (χ1) is 15.2. The topological polar surface area (TPSA) is 70.7 Å². The zero-order valence-corrected chi connectivity index (χ0v) is 18.2. The molecule has 1 fully saturated rings. The minimum Gasteiger partial charge on any atom is -0.487 e. The van der Waals surface area contributed by atoms with Gasteiger partial charge in [0.2, 0.25) is 0 Å². The summed E-state index contributed by atoms with van der Waals surface area (Å²) < 4.78 is 5.36. The number of carbonyl (C=O) groups excluding carboxylic acids is 2. The molecule has 2 amide bonds. The van der Waals surface area contributed by atoms with Crippen molar-refractivity contribution in [2.24, 2.45) is 0 Å². The fourth-order valence-electron chi connectivity index (χ4n) is 3.73. The van der Waals surface area contributed by atoms with Crippen molar-refractivity contribution in [3.05, 3.63) is 76.9 Å². The second-order valence-corrected chi connectivity index (χ2v) is 8.72. The van der Waals surface area contributed by atoms with E-state index in [0.717, 1.165) is 38.2 Å². The number of hydrogen-bond donors (Lipinski definition) is 2. The molecule has 1 saturated heterocycles. The summed E-state index contributed by atoms with van der Waals surface area (Å²) in [5.41, 5.74) is 2.55. The number of nitrogens with zero attached hydrogens (tertiary/aromatic N) is 1. The Bertz CT molecular complexity index is 923. The van der Waals surface area contributed by atoms with E-state index in [4.69, 9.17) is 4.74 Å². The Morgan fingerprint density at radius 1 is 1.00 bits per heavy atom. The highest BCUT2D eigenvalue weighted by atomic mass is 32.2. The summed E-state index contributed by atoms with van der Waals surface area (Å²) in [7, 11) is 0. The largest absolute Gasteiger partial charge is 0.487 e. The third kappa shape index (κ3) is 6.12. The lowest BCUT2D eigenvalue weighted by atomic mass is 10.0. The number of carbonyl (C=O) groups is 2. The number of piperidine rings is 1. The van der Waals surface area contributed by atoms with E-state index in [9.17, 15) is 9.59 Å². The van der Waals surface area contributed by atoms with Crippen LogP contribution in [0.25, 0.3) is 0 Å². The third-order valence-electron chi connectivity index (χ3n) is 5.45. The molecule has 2 heterocycles. The Balaban J connectivity index is 1.23. The van der Waals surface area contributed by atoms with E-state index in [1.54, 1.807) is 41.4 Å². The van der Waals surface area contributed by atoms with Gasteiger partial charge in [-0.05, 0) is 42.7 Å². The van der Waals surface area contributed by atoms with Gasteiger partial charge in [0.05, 0.1) is 6.61 Å². The summed E-state index contributed by atoms with van der Waals surface area (Å²) in [6.45, 7) is 3.44. The molecule has 0 spiro atoms. The molecule has 6 nitrogen and oxygen atoms in total. The molecule has 162 valence electrons. The molecule has 2 aromatic carbocycles. The van der Waals surface area contributed by atoms with Crippen molar-refractivity contribution in [1.82, 2.24) is 10.2 Å². The van der Waals surface area contributed by atoms with Crippen LogP contribution in [0, 0.1) is 0 Å². The Hall–Kier alpha value is -2.77. The molecule has 0 unspecified atom stereocenters. The molecule has 2 aromatic rings. The van der Waals surface area contributed by atoms with Gasteiger partial charge in [-0.15, -0.1) is 11.8 Å². The number of benzene rings is 2. The van der Waals surface area contributed by atoms with Crippen LogP contribution in [0.5, 0.6) is 0 Å². The van der Waals surface area contributed by atoms with E-state index in [-0.39, 0.29) is 17.9 Å². The minimum atomic E-state index is -0.272. The molecular formula is C24H27N3O3S. The van der Waals surface area contributed by atoms with Gasteiger partial charge in [0.1, 0.15) is 0 Å². The summed E-state index contributed by atoms with van der Waals surface area (Å²) in [5, 5.41) is 7.68. The first-order valence-electron chi connectivity index (χ1n) is 10.6. The molecular weight excluding hydrogens is 410 g/mol. The van der Waals surface area contributed by atoms with E-state index in [1.807, 2.05) is 6.07 Å². The normalized spacial score (nSPS) is 17.4. The number of amides is 2. The molecule has 2 N–H and O–H groups in total. The standard InChI is InChI=1S/C24H27N3O3S/c28-23(25-21-10-12-27(13-11-21)16-18-4-2-1-3-5-18)19-6-8-20(9-7-19)26-24(29)22-17-31-15-14-30-22/h1-9,17,21H,10-16H2,(H,25,28)(H,26,29). The average Bonchev–Trinajstić information content (AvgIpc) is 2.82. The van der Waals surface area contributed by atoms with E-state index in [1.165, 1.54) is 5.56 Å². The van der Waals surface area contributed by atoms with E-state index >= 15 is 0 Å². The number of thioether (sulfide) groups is 1. The zero-order valence-electron chi connectivity index (χ0n) is 17.4. The van der Waals surface area contributed by atoms with Crippen molar-refractivity contribution >= 4 is 29.3 Å². The van der Waals surface area contributed by atoms with Crippen molar-refractivity contribution in [3.8, 4) is 0 Å². The van der Waals surface area contributed by atoms with Crippen LogP contribution in [-0.4, -0.2) is 48.2 Å². The Morgan fingerprint density at radius 2 is 1.74 bits per heavy atom. The van der Waals surface area contributed by atoms with Crippen LogP contribution in [0.15, 0.2) is 65.8 Å². The summed E-state index contributed by atoms with van der Waals surface area (Å²) >= 11 is 1.56. The first kappa shape index (κ1) is 21.5. The van der Waals surface area contributed by atoms with Gasteiger partial charge in [0.15, 0.2) is 5.76 Å². The van der Waals surface area contributed by atoms with Gasteiger partial charge in [0.25, 0.3) is 11.8 Å². The van der Waals surface area contributed by atoms with E-state index in [0.29, 0.717) is 23.6 Å². The highest BCUT2D eigenvalue weighted by molar-refractivity contribution is 8.02. The smallest absolute Gasteiger partial charge is 0.291 e. The predicted molar refractivity (Wildman–Crippen MR) is 124 cm³/mol. The molecule has 0 saturated carbocycles. The van der Waals surface area contributed by atoms with Gasteiger partial charge in [-0.2, -0.15) is 0 Å². The number of anilines is 1. The van der Waals surface area contributed by atoms with Crippen LogP contribution < -0.4 is 10.6 Å². The zero-order chi connectivity index (χ0) is 21.5. The predicted octanol–water partition coefficient (Wildman–Crippen LogP) is 3.62. The molecule has 31 heavy (non-hydrogen) atoms. The van der Waals surface area contributed by atoms with Crippen molar-refractivity contribution < 1.29 is 14.3 Å². The van der Waals surface area contributed by atoms with Crippen LogP contribution in [0.4, 0.5) is 5.69 Å². The monoisotopic (exact) mass is 437 g/mol. The Labute approximate surface area is 187 Å². The molecule has 4 rings (SSSR count). The van der Waals surface area contributed by atoms with Gasteiger partial charge in [0, 0.05) is 48.1 Å². The summed E-state index contributed by atoms with van der Waals surface area (Å²) in [6, 6.07) is 17.6. The van der Waals surface area contributed by atoms with Crippen LogP contribution in [0.2, 0.25) is 0 Å². The minimum absolute atomic E-state index is 0.0749. The number of nitrogens with one attached hydrogen (secondary N) is 2. The van der Waals surface area contributed by atoms with Crippen molar-refractivity contribution in [1.29, 1.82) is 0 Å². The van der Waals surface area contributed by atoms with Crippen LogP contribution in [0.1, 0.15) is 28.8 Å². The molecule has 0 aromatic heterocycles. The quantitative estimate of drug-likeness (QED) is 0.722. The van der Waals surface area contributed by atoms with Gasteiger partial charge in [-0.3, -0.25) is 14.5 Å². The molecule has 0 aliphatic carbocycles. The van der Waals surface area contributed by atoms with Crippen molar-refractivity contribution in [2.75, 3.05) is 30.8 Å². The average molecular weight is 438 g/mol. The Morgan fingerprint density at radius 3 is 2.42 bits per heavy atom. The van der Waals surface area contributed by atoms with E-state index < -0.39 is 0 Å². The molecule has 0 radical (unpaired) electrons. The van der Waals surface area contributed by atoms with Gasteiger partial charge < -0.3 is 15.4 Å². The van der Waals surface area contributed by atoms with Gasteiger partial charge in [-0.25, -0.2) is 0 Å². The Kier molecular flexibility index (Phi) is 7.27. The van der Waals surface area contributed by atoms with Gasteiger partial charge in [-0.1, -0.05) is 30.3 Å². The molecule has 0 bridgehead atoms. The van der Waals surface area contributed by atoms with Crippen molar-refractivity contribution in [3.63, 3.8) is 0 Å². The fourth-order valence-corrected chi connectivity index (χ4v) is 4.35. The molecule has 2 aliphatic rings. The fraction of sp³-hybridized carbons (Fsp3) is 0.333. The van der Waals surface area contributed by atoms with Crippen LogP contribution in [-0.2, 0) is 16.1 Å². The maximum Gasteiger partial charge on any atom is 0.291 e. The maximum atomic E-state index is 12.6.